The van der Waals surface area contributed by atoms with Crippen molar-refractivity contribution in [1.29, 1.82) is 0 Å². The Balaban J connectivity index is 1.69. The minimum Gasteiger partial charge on any atom is -0.507 e. The van der Waals surface area contributed by atoms with Gasteiger partial charge in [0.2, 0.25) is 23.8 Å². The molecule has 0 unspecified atom stereocenters. The van der Waals surface area contributed by atoms with Crippen molar-refractivity contribution in [1.82, 2.24) is 0 Å². The van der Waals surface area contributed by atoms with Crippen molar-refractivity contribution in [2.75, 3.05) is 6.61 Å². The van der Waals surface area contributed by atoms with Crippen LogP contribution in [0.25, 0.3) is 22.3 Å². The normalized spacial score (nSPS) is 31.4. The first-order chi connectivity index (χ1) is 21.8. The van der Waals surface area contributed by atoms with Gasteiger partial charge in [0.25, 0.3) is 0 Å². The maximum atomic E-state index is 14.2. The molecule has 5 rings (SSSR count). The molecule has 0 amide bonds. The number of fused-ring (bicyclic) bond motifs is 1. The predicted octanol–water partition coefficient (Wildman–Crippen LogP) is 0.0593. The maximum absolute atomic E-state index is 14.2. The molecule has 3 heterocycles. The summed E-state index contributed by atoms with van der Waals surface area (Å²) >= 11 is 0. The second kappa shape index (κ2) is 13.7. The monoisotopic (exact) mass is 646 g/mol. The number of phenols is 1. The Hall–Kier alpha value is -3.57. The molecule has 0 bridgehead atoms. The lowest BCUT2D eigenvalue weighted by atomic mass is 9.99. The number of hydrogen-bond acceptors (Lipinski definition) is 14. The standard InChI is InChI=1S/C32H38O14/c1-13(2)9-10-16-18(43-32-27(41)25(39)22(36)19(12-33)44-32)11-17(34)20-23(37)30(28(45-29(16)20)15-7-5-4-6-8-15)46-31-26(40)24(38)21(35)14(3)42-31/h4-9,11,14,19,21-22,24-27,31-36,38-41H,10,12H2,1-3H3/t14-,19-,21-,22-,24+,25+,26+,27-,31+,32-/m1/s1. The summed E-state index contributed by atoms with van der Waals surface area (Å²) in [5.41, 5.74) is 0.488. The van der Waals surface area contributed by atoms with Crippen LogP contribution in [0.2, 0.25) is 0 Å². The van der Waals surface area contributed by atoms with Crippen molar-refractivity contribution in [3.8, 4) is 28.6 Å². The summed E-state index contributed by atoms with van der Waals surface area (Å²) in [6.07, 6.45) is -13.5. The average Bonchev–Trinajstić information content (AvgIpc) is 3.03. The van der Waals surface area contributed by atoms with E-state index in [-0.39, 0.29) is 34.5 Å². The minimum absolute atomic E-state index is 0.0925. The molecular formula is C32H38O14. The molecule has 10 atom stereocenters. The number of allylic oxidation sites excluding steroid dienone is 2. The molecule has 46 heavy (non-hydrogen) atoms. The molecule has 14 nitrogen and oxygen atoms in total. The van der Waals surface area contributed by atoms with Gasteiger partial charge in [-0.2, -0.15) is 0 Å². The average molecular weight is 647 g/mol. The van der Waals surface area contributed by atoms with Crippen LogP contribution < -0.4 is 14.9 Å². The molecule has 0 radical (unpaired) electrons. The minimum atomic E-state index is -1.76. The SMILES string of the molecule is CC(C)=CCc1c(O[C@@H]2O[C@H](CO)[C@@H](O)[C@H](O)[C@H]2O)cc(O)c2c(=O)c(O[C@@H]3O[C@H](C)[C@@H](O)[C@H](O)[C@@H]3O)c(-c3ccccc3)oc12. The molecule has 14 heteroatoms. The molecule has 0 saturated carbocycles. The van der Waals surface area contributed by atoms with Gasteiger partial charge in [0, 0.05) is 17.2 Å². The van der Waals surface area contributed by atoms with Crippen LogP contribution in [-0.2, 0) is 15.9 Å². The van der Waals surface area contributed by atoms with E-state index in [1.807, 2.05) is 13.8 Å². The maximum Gasteiger partial charge on any atom is 0.239 e. The molecule has 2 fully saturated rings. The van der Waals surface area contributed by atoms with Gasteiger partial charge in [0.1, 0.15) is 65.2 Å². The van der Waals surface area contributed by atoms with Crippen LogP contribution in [0.1, 0.15) is 26.3 Å². The topological polar surface area (TPSA) is 229 Å². The van der Waals surface area contributed by atoms with E-state index >= 15 is 0 Å². The van der Waals surface area contributed by atoms with Gasteiger partial charge < -0.3 is 64.2 Å². The molecule has 1 aromatic heterocycles. The third-order valence-corrected chi connectivity index (χ3v) is 8.05. The van der Waals surface area contributed by atoms with Crippen LogP contribution >= 0.6 is 0 Å². The van der Waals surface area contributed by atoms with Crippen molar-refractivity contribution in [2.24, 2.45) is 0 Å². The molecule has 2 saturated heterocycles. The van der Waals surface area contributed by atoms with Crippen LogP contribution in [0.5, 0.6) is 17.2 Å². The molecule has 3 aromatic rings. The Labute approximate surface area is 262 Å². The summed E-state index contributed by atoms with van der Waals surface area (Å²) in [4.78, 5) is 14.2. The molecule has 2 aromatic carbocycles. The third-order valence-electron chi connectivity index (χ3n) is 8.05. The highest BCUT2D eigenvalue weighted by molar-refractivity contribution is 5.91. The number of hydrogen-bond donors (Lipinski definition) is 8. The van der Waals surface area contributed by atoms with Crippen molar-refractivity contribution in [2.45, 2.75) is 88.6 Å². The molecule has 250 valence electrons. The first kappa shape index (κ1) is 33.8. The van der Waals surface area contributed by atoms with E-state index < -0.39 is 84.9 Å². The van der Waals surface area contributed by atoms with Crippen molar-refractivity contribution < 1.29 is 64.2 Å². The molecule has 8 N–H and O–H groups in total. The van der Waals surface area contributed by atoms with E-state index in [4.69, 9.17) is 23.4 Å². The lowest BCUT2D eigenvalue weighted by Crippen LogP contribution is -2.60. The van der Waals surface area contributed by atoms with Crippen LogP contribution in [0.15, 0.2) is 57.3 Å². The Kier molecular flexibility index (Phi) is 10.0. The van der Waals surface area contributed by atoms with Gasteiger partial charge in [-0.1, -0.05) is 42.0 Å². The third kappa shape index (κ3) is 6.36. The Morgan fingerprint density at radius 1 is 0.870 bits per heavy atom. The van der Waals surface area contributed by atoms with Gasteiger partial charge in [0.05, 0.1) is 12.7 Å². The second-order valence-corrected chi connectivity index (χ2v) is 11.6. The molecule has 0 aliphatic carbocycles. The summed E-state index contributed by atoms with van der Waals surface area (Å²) in [7, 11) is 0. The summed E-state index contributed by atoms with van der Waals surface area (Å²) < 4.78 is 29.2. The quantitative estimate of drug-likeness (QED) is 0.151. The van der Waals surface area contributed by atoms with Crippen LogP contribution in [-0.4, -0.2) is 109 Å². The Bertz CT molecular complexity index is 1610. The van der Waals surface area contributed by atoms with E-state index in [1.54, 1.807) is 36.4 Å². The van der Waals surface area contributed by atoms with Gasteiger partial charge >= 0.3 is 0 Å². The second-order valence-electron chi connectivity index (χ2n) is 11.6. The van der Waals surface area contributed by atoms with Crippen LogP contribution in [0.4, 0.5) is 0 Å². The number of aliphatic hydroxyl groups is 7. The van der Waals surface area contributed by atoms with Crippen molar-refractivity contribution in [3.63, 3.8) is 0 Å². The smallest absolute Gasteiger partial charge is 0.239 e. The fourth-order valence-corrected chi connectivity index (χ4v) is 5.37. The zero-order chi connectivity index (χ0) is 33.4. The number of rotatable bonds is 8. The van der Waals surface area contributed by atoms with Crippen molar-refractivity contribution >= 4 is 11.0 Å². The van der Waals surface area contributed by atoms with E-state index in [0.717, 1.165) is 11.6 Å². The van der Waals surface area contributed by atoms with Crippen molar-refractivity contribution in [3.05, 3.63) is 63.8 Å². The van der Waals surface area contributed by atoms with E-state index in [9.17, 15) is 45.6 Å². The fourth-order valence-electron chi connectivity index (χ4n) is 5.37. The zero-order valence-electron chi connectivity index (χ0n) is 25.3. The zero-order valence-corrected chi connectivity index (χ0v) is 25.3. The van der Waals surface area contributed by atoms with Crippen LogP contribution in [0.3, 0.4) is 0 Å². The van der Waals surface area contributed by atoms with E-state index in [2.05, 4.69) is 0 Å². The van der Waals surface area contributed by atoms with Gasteiger partial charge in [0.15, 0.2) is 5.76 Å². The van der Waals surface area contributed by atoms with E-state index in [1.165, 1.54) is 6.92 Å². The largest absolute Gasteiger partial charge is 0.507 e. The van der Waals surface area contributed by atoms with Gasteiger partial charge in [-0.05, 0) is 27.2 Å². The lowest BCUT2D eigenvalue weighted by Gasteiger charge is -2.39. The molecular weight excluding hydrogens is 608 g/mol. The fraction of sp³-hybridized carbons (Fsp3) is 0.469. The number of phenolic OH excluding ortho intramolecular Hbond substituents is 1. The summed E-state index contributed by atoms with van der Waals surface area (Å²) in [6, 6.07) is 9.43. The van der Waals surface area contributed by atoms with Gasteiger partial charge in [-0.25, -0.2) is 0 Å². The summed E-state index contributed by atoms with van der Waals surface area (Å²) in [5.74, 6) is -1.29. The van der Waals surface area contributed by atoms with Gasteiger partial charge in [-0.15, -0.1) is 0 Å². The Morgan fingerprint density at radius 2 is 1.50 bits per heavy atom. The Morgan fingerprint density at radius 3 is 2.13 bits per heavy atom. The summed E-state index contributed by atoms with van der Waals surface area (Å²) in [5, 5.41) is 82.6. The highest BCUT2D eigenvalue weighted by Crippen LogP contribution is 2.41. The highest BCUT2D eigenvalue weighted by Gasteiger charge is 2.46. The summed E-state index contributed by atoms with van der Waals surface area (Å²) in [6.45, 7) is 4.43. The lowest BCUT2D eigenvalue weighted by molar-refractivity contribution is -0.277. The number of aromatic hydroxyl groups is 1. The predicted molar refractivity (Wildman–Crippen MR) is 160 cm³/mol. The van der Waals surface area contributed by atoms with Gasteiger partial charge in [-0.3, -0.25) is 4.79 Å². The van der Waals surface area contributed by atoms with E-state index in [0.29, 0.717) is 5.56 Å². The molecule has 2 aliphatic heterocycles. The number of ether oxygens (including phenoxy) is 4. The number of benzene rings is 2. The first-order valence-corrected chi connectivity index (χ1v) is 14.7. The van der Waals surface area contributed by atoms with Crippen LogP contribution in [0, 0.1) is 0 Å². The molecule has 2 aliphatic rings. The highest BCUT2D eigenvalue weighted by atomic mass is 16.7. The number of aliphatic hydroxyl groups excluding tert-OH is 7. The molecule has 0 spiro atoms. The first-order valence-electron chi connectivity index (χ1n) is 14.7.